The Morgan fingerprint density at radius 1 is 1.56 bits per heavy atom. The summed E-state index contributed by atoms with van der Waals surface area (Å²) in [6.45, 7) is 6.17. The van der Waals surface area contributed by atoms with E-state index in [-0.39, 0.29) is 5.91 Å². The van der Waals surface area contributed by atoms with E-state index in [1.807, 2.05) is 34.8 Å². The van der Waals surface area contributed by atoms with Gasteiger partial charge in [0, 0.05) is 31.9 Å². The number of amides is 1. The Hall–Kier alpha value is -1.29. The van der Waals surface area contributed by atoms with Gasteiger partial charge in [0.2, 0.25) is 0 Å². The van der Waals surface area contributed by atoms with Crippen molar-refractivity contribution in [2.45, 2.75) is 38.8 Å². The van der Waals surface area contributed by atoms with Crippen molar-refractivity contribution in [2.24, 2.45) is 0 Å². The summed E-state index contributed by atoms with van der Waals surface area (Å²) in [6.07, 6.45) is 4.22. The van der Waals surface area contributed by atoms with Crippen LogP contribution in [0.3, 0.4) is 0 Å². The van der Waals surface area contributed by atoms with Crippen molar-refractivity contribution < 1.29 is 4.79 Å². The first-order valence-electron chi connectivity index (χ1n) is 6.76. The van der Waals surface area contributed by atoms with Crippen LogP contribution in [0.15, 0.2) is 18.3 Å². The van der Waals surface area contributed by atoms with Crippen LogP contribution in [0.1, 0.15) is 43.2 Å². The van der Waals surface area contributed by atoms with E-state index in [0.717, 1.165) is 31.6 Å². The van der Waals surface area contributed by atoms with Crippen LogP contribution < -0.4 is 5.32 Å². The van der Waals surface area contributed by atoms with Crippen LogP contribution >= 0.6 is 0 Å². The fourth-order valence-electron chi connectivity index (χ4n) is 2.54. The number of nitrogens with zero attached hydrogens (tertiary/aromatic N) is 2. The summed E-state index contributed by atoms with van der Waals surface area (Å²) < 4.78 is 2.04. The van der Waals surface area contributed by atoms with Crippen molar-refractivity contribution in [2.75, 3.05) is 20.1 Å². The standard InChI is InChI=1S/C14H23N3O/c1-11(2)17-9-5-7-13(17)14(18)16(3)12-6-4-8-15-10-12/h5,7,9,11-12,15H,4,6,8,10H2,1-3H3. The number of carbonyl (C=O) groups is 1. The Morgan fingerprint density at radius 3 is 2.94 bits per heavy atom. The van der Waals surface area contributed by atoms with Gasteiger partial charge in [-0.3, -0.25) is 4.79 Å². The quantitative estimate of drug-likeness (QED) is 0.888. The van der Waals surface area contributed by atoms with Crippen LogP contribution in [0.4, 0.5) is 0 Å². The van der Waals surface area contributed by atoms with E-state index in [1.165, 1.54) is 0 Å². The van der Waals surface area contributed by atoms with Gasteiger partial charge in [-0.05, 0) is 45.4 Å². The predicted octanol–water partition coefficient (Wildman–Crippen LogP) is 1.89. The molecule has 1 unspecified atom stereocenters. The zero-order chi connectivity index (χ0) is 13.1. The van der Waals surface area contributed by atoms with Crippen molar-refractivity contribution >= 4 is 5.91 Å². The molecule has 0 bridgehead atoms. The van der Waals surface area contributed by atoms with Crippen molar-refractivity contribution in [3.8, 4) is 0 Å². The summed E-state index contributed by atoms with van der Waals surface area (Å²) >= 11 is 0. The molecule has 1 aliphatic heterocycles. The molecule has 1 saturated heterocycles. The molecule has 0 saturated carbocycles. The van der Waals surface area contributed by atoms with E-state index in [4.69, 9.17) is 0 Å². The number of nitrogens with one attached hydrogen (secondary N) is 1. The molecule has 1 atom stereocenters. The predicted molar refractivity (Wildman–Crippen MR) is 72.8 cm³/mol. The minimum Gasteiger partial charge on any atom is -0.341 e. The molecule has 100 valence electrons. The van der Waals surface area contributed by atoms with Crippen LogP contribution in [0, 0.1) is 0 Å². The van der Waals surface area contributed by atoms with E-state index >= 15 is 0 Å². The van der Waals surface area contributed by atoms with Gasteiger partial charge in [-0.15, -0.1) is 0 Å². The van der Waals surface area contributed by atoms with Gasteiger partial charge in [-0.1, -0.05) is 0 Å². The van der Waals surface area contributed by atoms with Crippen molar-refractivity contribution in [3.63, 3.8) is 0 Å². The van der Waals surface area contributed by atoms with Crippen LogP contribution in [0.2, 0.25) is 0 Å². The number of likely N-dealkylation sites (N-methyl/N-ethyl adjacent to an activating group) is 1. The van der Waals surface area contributed by atoms with Gasteiger partial charge >= 0.3 is 0 Å². The normalized spacial score (nSPS) is 20.1. The lowest BCUT2D eigenvalue weighted by atomic mass is 10.1. The van der Waals surface area contributed by atoms with Gasteiger partial charge in [0.05, 0.1) is 0 Å². The number of aromatic nitrogens is 1. The zero-order valence-corrected chi connectivity index (χ0v) is 11.5. The third kappa shape index (κ3) is 2.58. The molecule has 1 fully saturated rings. The minimum absolute atomic E-state index is 0.127. The zero-order valence-electron chi connectivity index (χ0n) is 11.5. The molecule has 1 N–H and O–H groups in total. The Kier molecular flexibility index (Phi) is 4.07. The molecule has 0 aliphatic carbocycles. The smallest absolute Gasteiger partial charge is 0.270 e. The SMILES string of the molecule is CC(C)n1cccc1C(=O)N(C)C1CCCNC1. The summed E-state index contributed by atoms with van der Waals surface area (Å²) in [7, 11) is 1.91. The lowest BCUT2D eigenvalue weighted by Gasteiger charge is -2.32. The second-order valence-corrected chi connectivity index (χ2v) is 5.31. The monoisotopic (exact) mass is 249 g/mol. The maximum Gasteiger partial charge on any atom is 0.270 e. The van der Waals surface area contributed by atoms with E-state index in [9.17, 15) is 4.79 Å². The van der Waals surface area contributed by atoms with Crippen LogP contribution in [-0.4, -0.2) is 41.6 Å². The second-order valence-electron chi connectivity index (χ2n) is 5.31. The molecule has 0 aromatic carbocycles. The highest BCUT2D eigenvalue weighted by Gasteiger charge is 2.24. The Morgan fingerprint density at radius 2 is 2.33 bits per heavy atom. The van der Waals surface area contributed by atoms with Gasteiger partial charge in [-0.2, -0.15) is 0 Å². The van der Waals surface area contributed by atoms with Gasteiger partial charge in [-0.25, -0.2) is 0 Å². The summed E-state index contributed by atoms with van der Waals surface area (Å²) in [4.78, 5) is 14.4. The van der Waals surface area contributed by atoms with Crippen molar-refractivity contribution in [1.82, 2.24) is 14.8 Å². The van der Waals surface area contributed by atoms with Gasteiger partial charge < -0.3 is 14.8 Å². The van der Waals surface area contributed by atoms with Crippen molar-refractivity contribution in [3.05, 3.63) is 24.0 Å². The van der Waals surface area contributed by atoms with Crippen LogP contribution in [-0.2, 0) is 0 Å². The first kappa shape index (κ1) is 13.1. The van der Waals surface area contributed by atoms with E-state index < -0.39 is 0 Å². The Labute approximate surface area is 109 Å². The molecular formula is C14H23N3O. The average Bonchev–Trinajstić information content (AvgIpc) is 2.87. The molecule has 0 radical (unpaired) electrons. The number of carbonyl (C=O) groups excluding carboxylic acids is 1. The summed E-state index contributed by atoms with van der Waals surface area (Å²) in [5, 5.41) is 3.35. The average molecular weight is 249 g/mol. The number of piperidine rings is 1. The van der Waals surface area contributed by atoms with Gasteiger partial charge in [0.1, 0.15) is 5.69 Å². The summed E-state index contributed by atoms with van der Waals surface area (Å²) in [6, 6.07) is 4.49. The van der Waals surface area contributed by atoms with Crippen LogP contribution in [0.5, 0.6) is 0 Å². The first-order valence-corrected chi connectivity index (χ1v) is 6.76. The number of rotatable bonds is 3. The van der Waals surface area contributed by atoms with Gasteiger partial charge in [0.25, 0.3) is 5.91 Å². The first-order chi connectivity index (χ1) is 8.61. The fraction of sp³-hybridized carbons (Fsp3) is 0.643. The Bertz CT molecular complexity index is 405. The summed E-state index contributed by atoms with van der Waals surface area (Å²) in [5.41, 5.74) is 0.790. The van der Waals surface area contributed by atoms with Crippen molar-refractivity contribution in [1.29, 1.82) is 0 Å². The highest BCUT2D eigenvalue weighted by molar-refractivity contribution is 5.92. The minimum atomic E-state index is 0.127. The van der Waals surface area contributed by atoms with E-state index in [1.54, 1.807) is 0 Å². The Balaban J connectivity index is 2.12. The largest absolute Gasteiger partial charge is 0.341 e. The molecule has 1 aromatic heterocycles. The third-order valence-electron chi connectivity index (χ3n) is 3.69. The van der Waals surface area contributed by atoms with E-state index in [0.29, 0.717) is 12.1 Å². The molecule has 0 spiro atoms. The maximum absolute atomic E-state index is 12.5. The van der Waals surface area contributed by atoms with Crippen LogP contribution in [0.25, 0.3) is 0 Å². The fourth-order valence-corrected chi connectivity index (χ4v) is 2.54. The topological polar surface area (TPSA) is 37.3 Å². The number of hydrogen-bond donors (Lipinski definition) is 1. The molecule has 1 aliphatic rings. The molecular weight excluding hydrogens is 226 g/mol. The maximum atomic E-state index is 12.5. The number of hydrogen-bond acceptors (Lipinski definition) is 2. The highest BCUT2D eigenvalue weighted by Crippen LogP contribution is 2.16. The molecule has 4 heteroatoms. The lowest BCUT2D eigenvalue weighted by molar-refractivity contribution is 0.0695. The molecule has 18 heavy (non-hydrogen) atoms. The molecule has 2 heterocycles. The molecule has 4 nitrogen and oxygen atoms in total. The molecule has 1 amide bonds. The molecule has 1 aromatic rings. The summed E-state index contributed by atoms with van der Waals surface area (Å²) in [5.74, 6) is 0.127. The third-order valence-corrected chi connectivity index (χ3v) is 3.69. The lowest BCUT2D eigenvalue weighted by Crippen LogP contribution is -2.47. The van der Waals surface area contributed by atoms with Gasteiger partial charge in [0.15, 0.2) is 0 Å². The van der Waals surface area contributed by atoms with E-state index in [2.05, 4.69) is 19.2 Å². The second kappa shape index (κ2) is 5.57. The highest BCUT2D eigenvalue weighted by atomic mass is 16.2. The molecule has 2 rings (SSSR count).